The number of H-pyrrole nitrogens is 1. The van der Waals surface area contributed by atoms with E-state index in [1.54, 1.807) is 7.11 Å². The number of hydrogen-bond acceptors (Lipinski definition) is 5. The molecule has 0 unspecified atom stereocenters. The first-order valence-electron chi connectivity index (χ1n) is 9.71. The minimum atomic E-state index is -0.0869. The van der Waals surface area contributed by atoms with Gasteiger partial charge in [-0.2, -0.15) is 0 Å². The molecule has 6 nitrogen and oxygen atoms in total. The summed E-state index contributed by atoms with van der Waals surface area (Å²) in [5.41, 5.74) is 3.60. The van der Waals surface area contributed by atoms with Crippen molar-refractivity contribution in [1.29, 1.82) is 0 Å². The van der Waals surface area contributed by atoms with E-state index in [4.69, 9.17) is 4.74 Å². The highest BCUT2D eigenvalue weighted by molar-refractivity contribution is 9.10. The van der Waals surface area contributed by atoms with Crippen LogP contribution in [0.15, 0.2) is 51.7 Å². The summed E-state index contributed by atoms with van der Waals surface area (Å²) in [5, 5.41) is 4.28. The van der Waals surface area contributed by atoms with E-state index in [2.05, 4.69) is 67.3 Å². The summed E-state index contributed by atoms with van der Waals surface area (Å²) in [6.45, 7) is 4.72. The summed E-state index contributed by atoms with van der Waals surface area (Å²) in [4.78, 5) is 20.2. The molecule has 0 bridgehead atoms. The van der Waals surface area contributed by atoms with Gasteiger partial charge >= 0.3 is 0 Å². The molecule has 0 atom stereocenters. The quantitative estimate of drug-likeness (QED) is 0.613. The summed E-state index contributed by atoms with van der Waals surface area (Å²) in [6, 6.07) is 14.0. The zero-order valence-corrected chi connectivity index (χ0v) is 18.3. The average molecular weight is 457 g/mol. The molecule has 0 spiro atoms. The van der Waals surface area contributed by atoms with E-state index in [1.807, 2.05) is 18.2 Å². The van der Waals surface area contributed by atoms with Crippen molar-refractivity contribution in [2.45, 2.75) is 6.54 Å². The van der Waals surface area contributed by atoms with Crippen LogP contribution in [0.4, 0.5) is 11.4 Å². The minimum absolute atomic E-state index is 0.0869. The summed E-state index contributed by atoms with van der Waals surface area (Å²) in [5.74, 6) is 0.739. The number of fused-ring (bicyclic) bond motifs is 1. The molecule has 1 aromatic heterocycles. The van der Waals surface area contributed by atoms with Gasteiger partial charge in [0.05, 0.1) is 11.6 Å². The van der Waals surface area contributed by atoms with Gasteiger partial charge in [-0.1, -0.05) is 0 Å². The molecule has 0 radical (unpaired) electrons. The van der Waals surface area contributed by atoms with Crippen molar-refractivity contribution in [2.75, 3.05) is 50.6 Å². The minimum Gasteiger partial charge on any atom is -0.496 e. The second-order valence-electron chi connectivity index (χ2n) is 7.36. The highest BCUT2D eigenvalue weighted by Gasteiger charge is 2.14. The third kappa shape index (κ3) is 4.26. The third-order valence-corrected chi connectivity index (χ3v) is 6.26. The lowest BCUT2D eigenvalue weighted by Gasteiger charge is -2.34. The van der Waals surface area contributed by atoms with Crippen LogP contribution in [-0.2, 0) is 6.54 Å². The van der Waals surface area contributed by atoms with Crippen molar-refractivity contribution in [3.8, 4) is 5.75 Å². The van der Waals surface area contributed by atoms with Crippen molar-refractivity contribution < 1.29 is 4.74 Å². The van der Waals surface area contributed by atoms with Gasteiger partial charge in [-0.05, 0) is 65.4 Å². The monoisotopic (exact) mass is 456 g/mol. The second-order valence-corrected chi connectivity index (χ2v) is 8.15. The molecular formula is C22H25BrN4O2. The number of piperazine rings is 1. The number of aromatic nitrogens is 1. The number of rotatable bonds is 5. The van der Waals surface area contributed by atoms with Gasteiger partial charge < -0.3 is 24.8 Å². The van der Waals surface area contributed by atoms with E-state index in [0.717, 1.165) is 53.0 Å². The number of pyridine rings is 1. The van der Waals surface area contributed by atoms with Gasteiger partial charge in [0, 0.05) is 60.6 Å². The van der Waals surface area contributed by atoms with Crippen LogP contribution in [-0.4, -0.2) is 50.2 Å². The van der Waals surface area contributed by atoms with Crippen molar-refractivity contribution in [3.63, 3.8) is 0 Å². The van der Waals surface area contributed by atoms with E-state index in [9.17, 15) is 4.79 Å². The van der Waals surface area contributed by atoms with Crippen LogP contribution < -0.4 is 20.5 Å². The number of anilines is 2. The Morgan fingerprint density at radius 2 is 1.83 bits per heavy atom. The number of halogens is 1. The fourth-order valence-electron chi connectivity index (χ4n) is 3.61. The summed E-state index contributed by atoms with van der Waals surface area (Å²) < 4.78 is 6.20. The molecule has 7 heteroatoms. The highest BCUT2D eigenvalue weighted by atomic mass is 79.9. The fourth-order valence-corrected chi connectivity index (χ4v) is 4.23. The summed E-state index contributed by atoms with van der Waals surface area (Å²) in [7, 11) is 3.79. The number of aromatic amines is 1. The van der Waals surface area contributed by atoms with E-state index in [0.29, 0.717) is 12.1 Å². The molecule has 1 aliphatic rings. The molecule has 2 aromatic carbocycles. The lowest BCUT2D eigenvalue weighted by atomic mass is 10.1. The number of likely N-dealkylation sites (N-methyl/N-ethyl adjacent to an activating group) is 1. The summed E-state index contributed by atoms with van der Waals surface area (Å²) in [6.07, 6.45) is 0. The largest absolute Gasteiger partial charge is 0.496 e. The van der Waals surface area contributed by atoms with Crippen LogP contribution in [0, 0.1) is 0 Å². The maximum absolute atomic E-state index is 12.5. The molecule has 1 aliphatic heterocycles. The zero-order chi connectivity index (χ0) is 20.4. The Bertz CT molecular complexity index is 1060. The van der Waals surface area contributed by atoms with Gasteiger partial charge in [-0.3, -0.25) is 4.79 Å². The van der Waals surface area contributed by atoms with E-state index < -0.39 is 0 Å². The Labute approximate surface area is 178 Å². The van der Waals surface area contributed by atoms with Crippen molar-refractivity contribution in [1.82, 2.24) is 9.88 Å². The Morgan fingerprint density at radius 1 is 1.10 bits per heavy atom. The first-order chi connectivity index (χ1) is 14.0. The zero-order valence-electron chi connectivity index (χ0n) is 16.7. The first-order valence-corrected chi connectivity index (χ1v) is 10.5. The number of hydrogen-bond donors (Lipinski definition) is 2. The van der Waals surface area contributed by atoms with Gasteiger partial charge in [0.2, 0.25) is 0 Å². The van der Waals surface area contributed by atoms with E-state index in [1.165, 1.54) is 5.69 Å². The standard InChI is InChI=1S/C22H25BrN4O2/c1-26-9-11-27(12-10-26)17-5-3-16(4-6-17)24-14-15-13-18-19(25-22(15)28)7-8-20(29-2)21(18)23/h3-8,13,24H,9-12,14H2,1-2H3,(H,25,28). The first kappa shape index (κ1) is 19.8. The van der Waals surface area contributed by atoms with E-state index in [-0.39, 0.29) is 5.56 Å². The molecule has 1 saturated heterocycles. The molecule has 152 valence electrons. The molecule has 4 rings (SSSR count). The number of nitrogens with zero attached hydrogens (tertiary/aromatic N) is 2. The van der Waals surface area contributed by atoms with Crippen molar-refractivity contribution in [3.05, 3.63) is 62.9 Å². The van der Waals surface area contributed by atoms with E-state index >= 15 is 0 Å². The molecule has 29 heavy (non-hydrogen) atoms. The molecule has 2 heterocycles. The average Bonchev–Trinajstić information content (AvgIpc) is 2.74. The number of nitrogens with one attached hydrogen (secondary N) is 2. The fraction of sp³-hybridized carbons (Fsp3) is 0.318. The van der Waals surface area contributed by atoms with Crippen LogP contribution in [0.3, 0.4) is 0 Å². The number of methoxy groups -OCH3 is 1. The van der Waals surface area contributed by atoms with Crippen molar-refractivity contribution >= 4 is 38.2 Å². The molecular weight excluding hydrogens is 432 g/mol. The predicted octanol–water partition coefficient (Wildman–Crippen LogP) is 3.66. The van der Waals surface area contributed by atoms with Gasteiger partial charge in [0.25, 0.3) is 5.56 Å². The summed E-state index contributed by atoms with van der Waals surface area (Å²) >= 11 is 3.57. The Hall–Kier alpha value is -2.51. The molecule has 0 saturated carbocycles. The third-order valence-electron chi connectivity index (χ3n) is 5.44. The molecule has 2 N–H and O–H groups in total. The highest BCUT2D eigenvalue weighted by Crippen LogP contribution is 2.32. The molecule has 1 fully saturated rings. The van der Waals surface area contributed by atoms with Crippen LogP contribution in [0.5, 0.6) is 5.75 Å². The Balaban J connectivity index is 1.48. The molecule has 3 aromatic rings. The lowest BCUT2D eigenvalue weighted by Crippen LogP contribution is -2.44. The lowest BCUT2D eigenvalue weighted by molar-refractivity contribution is 0.313. The number of ether oxygens (including phenoxy) is 1. The SMILES string of the molecule is COc1ccc2[nH]c(=O)c(CNc3ccc(N4CCN(C)CC4)cc3)cc2c1Br. The predicted molar refractivity (Wildman–Crippen MR) is 122 cm³/mol. The Morgan fingerprint density at radius 3 is 2.52 bits per heavy atom. The second kappa shape index (κ2) is 8.47. The van der Waals surface area contributed by atoms with Gasteiger partial charge in [0.1, 0.15) is 5.75 Å². The maximum Gasteiger partial charge on any atom is 0.253 e. The Kier molecular flexibility index (Phi) is 5.78. The molecule has 0 amide bonds. The van der Waals surface area contributed by atoms with Gasteiger partial charge in [-0.25, -0.2) is 0 Å². The van der Waals surface area contributed by atoms with Gasteiger partial charge in [-0.15, -0.1) is 0 Å². The number of benzene rings is 2. The maximum atomic E-state index is 12.5. The van der Waals surface area contributed by atoms with Crippen LogP contribution in [0.2, 0.25) is 0 Å². The topological polar surface area (TPSA) is 60.6 Å². The van der Waals surface area contributed by atoms with Crippen LogP contribution in [0.1, 0.15) is 5.56 Å². The van der Waals surface area contributed by atoms with Crippen LogP contribution in [0.25, 0.3) is 10.9 Å². The molecule has 0 aliphatic carbocycles. The van der Waals surface area contributed by atoms with Crippen LogP contribution >= 0.6 is 15.9 Å². The smallest absolute Gasteiger partial charge is 0.253 e. The van der Waals surface area contributed by atoms with Gasteiger partial charge in [0.15, 0.2) is 0 Å². The normalized spacial score (nSPS) is 14.9. The van der Waals surface area contributed by atoms with Crippen molar-refractivity contribution in [2.24, 2.45) is 0 Å².